The van der Waals surface area contributed by atoms with Gasteiger partial charge in [0.1, 0.15) is 22.8 Å². The van der Waals surface area contributed by atoms with Crippen LogP contribution in [0.15, 0.2) is 6.07 Å². The maximum absolute atomic E-state index is 12.1. The number of ether oxygens (including phenoxy) is 3. The molecule has 1 saturated heterocycles. The summed E-state index contributed by atoms with van der Waals surface area (Å²) in [5.74, 6) is 1.42. The smallest absolute Gasteiger partial charge is 0.167 e. The fourth-order valence-corrected chi connectivity index (χ4v) is 4.51. The molecule has 2 fully saturated rings. The van der Waals surface area contributed by atoms with E-state index in [0.29, 0.717) is 28.9 Å². The van der Waals surface area contributed by atoms with E-state index in [4.69, 9.17) is 14.2 Å². The zero-order valence-corrected chi connectivity index (χ0v) is 15.9. The molecule has 1 aliphatic heterocycles. The molecular formula is C20H28O5. The highest BCUT2D eigenvalue weighted by molar-refractivity contribution is 6.00. The van der Waals surface area contributed by atoms with Crippen molar-refractivity contribution in [3.63, 3.8) is 0 Å². The summed E-state index contributed by atoms with van der Waals surface area (Å²) in [4.78, 5) is 12.1. The molecule has 1 aromatic rings. The van der Waals surface area contributed by atoms with Gasteiger partial charge in [-0.25, -0.2) is 0 Å². The molecule has 1 heterocycles. The largest absolute Gasteiger partial charge is 0.507 e. The van der Waals surface area contributed by atoms with Gasteiger partial charge >= 0.3 is 0 Å². The third-order valence-electron chi connectivity index (χ3n) is 5.95. The van der Waals surface area contributed by atoms with Crippen molar-refractivity contribution in [2.24, 2.45) is 11.8 Å². The van der Waals surface area contributed by atoms with Gasteiger partial charge in [-0.3, -0.25) is 4.79 Å². The van der Waals surface area contributed by atoms with Gasteiger partial charge in [-0.1, -0.05) is 13.8 Å². The Morgan fingerprint density at radius 1 is 1.32 bits per heavy atom. The Morgan fingerprint density at radius 3 is 2.48 bits per heavy atom. The van der Waals surface area contributed by atoms with Crippen LogP contribution in [0.25, 0.3) is 0 Å². The maximum Gasteiger partial charge on any atom is 0.167 e. The molecule has 25 heavy (non-hydrogen) atoms. The van der Waals surface area contributed by atoms with Gasteiger partial charge in [0.25, 0.3) is 0 Å². The van der Waals surface area contributed by atoms with Crippen molar-refractivity contribution in [2.75, 3.05) is 14.2 Å². The Labute approximate surface area is 149 Å². The zero-order valence-electron chi connectivity index (χ0n) is 15.9. The van der Waals surface area contributed by atoms with Crippen LogP contribution in [0.2, 0.25) is 0 Å². The minimum Gasteiger partial charge on any atom is -0.507 e. The Kier molecular flexibility index (Phi) is 4.48. The van der Waals surface area contributed by atoms with Crippen molar-refractivity contribution < 1.29 is 24.1 Å². The van der Waals surface area contributed by atoms with E-state index in [2.05, 4.69) is 20.8 Å². The van der Waals surface area contributed by atoms with Crippen molar-refractivity contribution in [3.8, 4) is 17.2 Å². The van der Waals surface area contributed by atoms with E-state index in [0.717, 1.165) is 12.8 Å². The average Bonchev–Trinajstić information content (AvgIpc) is 3.24. The molecule has 2 aliphatic rings. The first kappa shape index (κ1) is 18.1. The molecule has 138 valence electrons. The van der Waals surface area contributed by atoms with Crippen molar-refractivity contribution >= 4 is 5.78 Å². The second kappa shape index (κ2) is 6.20. The summed E-state index contributed by atoms with van der Waals surface area (Å²) in [6.07, 6.45) is 2.09. The van der Waals surface area contributed by atoms with Crippen LogP contribution in [0.3, 0.4) is 0 Å². The minimum atomic E-state index is -0.227. The summed E-state index contributed by atoms with van der Waals surface area (Å²) in [6.45, 7) is 7.95. The fraction of sp³-hybridized carbons (Fsp3) is 0.650. The van der Waals surface area contributed by atoms with Crippen molar-refractivity contribution in [3.05, 3.63) is 17.2 Å². The van der Waals surface area contributed by atoms with Gasteiger partial charge in [-0.2, -0.15) is 0 Å². The van der Waals surface area contributed by atoms with Crippen molar-refractivity contribution in [2.45, 2.75) is 58.2 Å². The molecule has 0 unspecified atom stereocenters. The monoisotopic (exact) mass is 348 g/mol. The molecule has 3 rings (SSSR count). The molecule has 1 saturated carbocycles. The number of aromatic hydroxyl groups is 1. The Balaban J connectivity index is 2.20. The predicted molar refractivity (Wildman–Crippen MR) is 94.8 cm³/mol. The number of hydrogen-bond acceptors (Lipinski definition) is 5. The first-order chi connectivity index (χ1) is 11.7. The standard InChI is InChI=1S/C20H28O5/c1-10(2)12-7-8-20(4)19(25-20)16(12)17-14(24-6)9-13(23-5)15(11(3)21)18(17)22/h9-10,12,16,19,22H,7-8H2,1-6H3/t12-,16+,19+,20-/m1/s1. The molecular weight excluding hydrogens is 320 g/mol. The predicted octanol–water partition coefficient (Wildman–Crippen LogP) is 3.92. The number of ketones is 1. The summed E-state index contributed by atoms with van der Waals surface area (Å²) < 4.78 is 16.9. The second-order valence-electron chi connectivity index (χ2n) is 7.80. The van der Waals surface area contributed by atoms with Crippen LogP contribution in [0.1, 0.15) is 62.4 Å². The number of rotatable bonds is 5. The highest BCUT2D eigenvalue weighted by Crippen LogP contribution is 2.61. The number of methoxy groups -OCH3 is 2. The van der Waals surface area contributed by atoms with Crippen LogP contribution in [0.4, 0.5) is 0 Å². The Hall–Kier alpha value is -1.75. The average molecular weight is 348 g/mol. The number of phenols is 1. The maximum atomic E-state index is 12.1. The number of fused-ring (bicyclic) bond motifs is 1. The summed E-state index contributed by atoms with van der Waals surface area (Å²) in [5.41, 5.74) is 0.762. The van der Waals surface area contributed by atoms with Gasteiger partial charge in [0.05, 0.1) is 25.9 Å². The molecule has 0 amide bonds. The van der Waals surface area contributed by atoms with Crippen LogP contribution in [-0.2, 0) is 4.74 Å². The van der Waals surface area contributed by atoms with Gasteiger partial charge in [-0.05, 0) is 38.5 Å². The number of benzene rings is 1. The molecule has 5 heteroatoms. The molecule has 4 atom stereocenters. The van der Waals surface area contributed by atoms with Crippen molar-refractivity contribution in [1.82, 2.24) is 0 Å². The minimum absolute atomic E-state index is 0.00212. The molecule has 1 aromatic carbocycles. The molecule has 0 bridgehead atoms. The van der Waals surface area contributed by atoms with Gasteiger partial charge in [0.15, 0.2) is 5.78 Å². The molecule has 0 aromatic heterocycles. The number of hydrogen-bond donors (Lipinski definition) is 1. The number of carbonyl (C=O) groups is 1. The molecule has 0 radical (unpaired) electrons. The van der Waals surface area contributed by atoms with E-state index in [-0.39, 0.29) is 34.7 Å². The number of epoxide rings is 1. The van der Waals surface area contributed by atoms with Crippen LogP contribution in [0.5, 0.6) is 17.2 Å². The molecule has 5 nitrogen and oxygen atoms in total. The molecule has 0 spiro atoms. The second-order valence-corrected chi connectivity index (χ2v) is 7.80. The third kappa shape index (κ3) is 2.78. The number of carbonyl (C=O) groups excluding carboxylic acids is 1. The van der Waals surface area contributed by atoms with Crippen LogP contribution >= 0.6 is 0 Å². The van der Waals surface area contributed by atoms with E-state index in [9.17, 15) is 9.90 Å². The van der Waals surface area contributed by atoms with E-state index >= 15 is 0 Å². The van der Waals surface area contributed by atoms with E-state index in [1.165, 1.54) is 14.0 Å². The van der Waals surface area contributed by atoms with Gasteiger partial charge in [0, 0.05) is 17.5 Å². The summed E-state index contributed by atoms with van der Waals surface area (Å²) >= 11 is 0. The summed E-state index contributed by atoms with van der Waals surface area (Å²) in [6, 6.07) is 1.71. The SMILES string of the molecule is COc1cc(OC)c([C@@H]2[C@@H](C(C)C)CC[C@@]3(C)O[C@@H]23)c(O)c1C(C)=O. The first-order valence-corrected chi connectivity index (χ1v) is 8.91. The van der Waals surface area contributed by atoms with Crippen LogP contribution in [-0.4, -0.2) is 36.8 Å². The lowest BCUT2D eigenvalue weighted by Crippen LogP contribution is -2.33. The third-order valence-corrected chi connectivity index (χ3v) is 5.95. The van der Waals surface area contributed by atoms with Crippen LogP contribution < -0.4 is 9.47 Å². The lowest BCUT2D eigenvalue weighted by Gasteiger charge is -2.35. The lowest BCUT2D eigenvalue weighted by atomic mass is 9.67. The normalized spacial score (nSPS) is 30.8. The number of Topliss-reactive ketones (excluding diaryl/α,β-unsaturated/α-hetero) is 1. The quantitative estimate of drug-likeness (QED) is 0.645. The summed E-state index contributed by atoms with van der Waals surface area (Å²) in [7, 11) is 3.06. The lowest BCUT2D eigenvalue weighted by molar-refractivity contribution is 0.101. The van der Waals surface area contributed by atoms with Gasteiger partial charge in [0.2, 0.25) is 0 Å². The van der Waals surface area contributed by atoms with Gasteiger partial charge in [-0.15, -0.1) is 0 Å². The van der Waals surface area contributed by atoms with E-state index in [1.54, 1.807) is 13.2 Å². The fourth-order valence-electron chi connectivity index (χ4n) is 4.51. The molecule has 1 aliphatic carbocycles. The summed E-state index contributed by atoms with van der Waals surface area (Å²) in [5, 5.41) is 11.0. The highest BCUT2D eigenvalue weighted by Gasteiger charge is 2.62. The van der Waals surface area contributed by atoms with E-state index in [1.807, 2.05) is 0 Å². The first-order valence-electron chi connectivity index (χ1n) is 8.91. The Bertz CT molecular complexity index is 696. The molecule has 1 N–H and O–H groups in total. The van der Waals surface area contributed by atoms with Gasteiger partial charge < -0.3 is 19.3 Å². The number of phenolic OH excluding ortho intramolecular Hbond substituents is 1. The topological polar surface area (TPSA) is 68.3 Å². The Morgan fingerprint density at radius 2 is 1.96 bits per heavy atom. The van der Waals surface area contributed by atoms with E-state index < -0.39 is 0 Å². The van der Waals surface area contributed by atoms with Crippen molar-refractivity contribution in [1.29, 1.82) is 0 Å². The zero-order chi connectivity index (χ0) is 18.5. The highest BCUT2D eigenvalue weighted by atomic mass is 16.6. The van der Waals surface area contributed by atoms with Crippen LogP contribution in [0, 0.1) is 11.8 Å².